The van der Waals surface area contributed by atoms with Crippen molar-refractivity contribution in [2.24, 2.45) is 5.73 Å². The Labute approximate surface area is 120 Å². The predicted molar refractivity (Wildman–Crippen MR) is 80.0 cm³/mol. The number of hydrogen-bond acceptors (Lipinski definition) is 4. The van der Waals surface area contributed by atoms with Crippen LogP contribution in [0.3, 0.4) is 0 Å². The lowest BCUT2D eigenvalue weighted by atomic mass is 10.0. The van der Waals surface area contributed by atoms with E-state index in [2.05, 4.69) is 43.0 Å². The van der Waals surface area contributed by atoms with Crippen LogP contribution in [0.5, 0.6) is 0 Å². The Kier molecular flexibility index (Phi) is 4.18. The van der Waals surface area contributed by atoms with Gasteiger partial charge in [-0.25, -0.2) is 4.68 Å². The molecule has 0 unspecified atom stereocenters. The number of aromatic nitrogens is 4. The fraction of sp³-hybridized carbons (Fsp3) is 0.533. The van der Waals surface area contributed by atoms with Gasteiger partial charge in [0.1, 0.15) is 0 Å². The molecule has 2 aromatic rings. The quantitative estimate of drug-likeness (QED) is 0.927. The van der Waals surface area contributed by atoms with Gasteiger partial charge in [-0.1, -0.05) is 13.8 Å². The molecular formula is C15H23N5. The molecule has 2 rings (SSSR count). The van der Waals surface area contributed by atoms with Crippen LogP contribution in [-0.2, 0) is 19.4 Å². The summed E-state index contributed by atoms with van der Waals surface area (Å²) in [4.78, 5) is 0. The van der Waals surface area contributed by atoms with Crippen molar-refractivity contribution >= 4 is 0 Å². The molecule has 2 heterocycles. The van der Waals surface area contributed by atoms with Crippen LogP contribution in [0.25, 0.3) is 5.82 Å². The van der Waals surface area contributed by atoms with Gasteiger partial charge in [0, 0.05) is 17.8 Å². The molecule has 0 fully saturated rings. The van der Waals surface area contributed by atoms with Crippen LogP contribution >= 0.6 is 0 Å². The van der Waals surface area contributed by atoms with E-state index < -0.39 is 0 Å². The highest BCUT2D eigenvalue weighted by Gasteiger charge is 2.18. The van der Waals surface area contributed by atoms with Gasteiger partial charge in [-0.3, -0.25) is 0 Å². The third kappa shape index (κ3) is 2.22. The number of nitrogens with two attached hydrogens (primary N) is 1. The van der Waals surface area contributed by atoms with E-state index in [9.17, 15) is 0 Å². The number of nitrogens with zero attached hydrogens (tertiary/aromatic N) is 4. The van der Waals surface area contributed by atoms with Crippen LogP contribution in [0, 0.1) is 20.8 Å². The molecule has 0 bridgehead atoms. The lowest BCUT2D eigenvalue weighted by Gasteiger charge is -2.14. The van der Waals surface area contributed by atoms with E-state index in [0.717, 1.165) is 41.3 Å². The first-order chi connectivity index (χ1) is 9.54. The van der Waals surface area contributed by atoms with E-state index in [1.165, 1.54) is 11.1 Å². The molecule has 0 radical (unpaired) electrons. The molecule has 0 saturated carbocycles. The van der Waals surface area contributed by atoms with Crippen molar-refractivity contribution in [3.8, 4) is 5.82 Å². The smallest absolute Gasteiger partial charge is 0.180 e. The van der Waals surface area contributed by atoms with Crippen molar-refractivity contribution < 1.29 is 0 Å². The lowest BCUT2D eigenvalue weighted by Crippen LogP contribution is -2.16. The van der Waals surface area contributed by atoms with Crippen molar-refractivity contribution in [2.75, 3.05) is 0 Å². The Balaban J connectivity index is 2.71. The number of hydrogen-bond donors (Lipinski definition) is 1. The van der Waals surface area contributed by atoms with Gasteiger partial charge in [0.2, 0.25) is 0 Å². The average molecular weight is 273 g/mol. The zero-order chi connectivity index (χ0) is 14.9. The molecule has 20 heavy (non-hydrogen) atoms. The van der Waals surface area contributed by atoms with E-state index >= 15 is 0 Å². The zero-order valence-electron chi connectivity index (χ0n) is 13.0. The second-order valence-electron chi connectivity index (χ2n) is 5.05. The Morgan fingerprint density at radius 1 is 1.00 bits per heavy atom. The van der Waals surface area contributed by atoms with Gasteiger partial charge < -0.3 is 5.73 Å². The summed E-state index contributed by atoms with van der Waals surface area (Å²) in [5, 5.41) is 13.3. The van der Waals surface area contributed by atoms with Crippen LogP contribution in [0.1, 0.15) is 47.6 Å². The van der Waals surface area contributed by atoms with E-state index in [1.54, 1.807) is 0 Å². The molecule has 0 aliphatic heterocycles. The highest BCUT2D eigenvalue weighted by molar-refractivity contribution is 5.43. The second kappa shape index (κ2) is 5.71. The number of aryl methyl sites for hydroxylation is 2. The highest BCUT2D eigenvalue weighted by Crippen LogP contribution is 2.22. The maximum absolute atomic E-state index is 5.97. The molecule has 5 nitrogen and oxygen atoms in total. The molecule has 5 heteroatoms. The molecule has 0 atom stereocenters. The van der Waals surface area contributed by atoms with E-state index in [0.29, 0.717) is 6.54 Å². The number of rotatable bonds is 4. The summed E-state index contributed by atoms with van der Waals surface area (Å²) in [7, 11) is 0. The SMILES string of the molecule is CCc1nnc(-n2nc(C)c(C)c2C)c(CN)c1CC. The molecule has 0 aromatic carbocycles. The molecule has 0 saturated heterocycles. The van der Waals surface area contributed by atoms with Crippen molar-refractivity contribution in [1.29, 1.82) is 0 Å². The minimum absolute atomic E-state index is 0.457. The first kappa shape index (κ1) is 14.7. The van der Waals surface area contributed by atoms with E-state index in [-0.39, 0.29) is 0 Å². The summed E-state index contributed by atoms with van der Waals surface area (Å²) >= 11 is 0. The monoisotopic (exact) mass is 273 g/mol. The molecule has 0 aliphatic carbocycles. The molecule has 0 amide bonds. The summed E-state index contributed by atoms with van der Waals surface area (Å²) in [6.45, 7) is 10.8. The first-order valence-corrected chi connectivity index (χ1v) is 7.15. The average Bonchev–Trinajstić information content (AvgIpc) is 2.72. The Bertz CT molecular complexity index is 628. The standard InChI is InChI=1S/C15H23N5/c1-6-12-13(8-16)15(18-17-14(12)7-2)20-11(5)9(3)10(4)19-20/h6-8,16H2,1-5H3. The maximum Gasteiger partial charge on any atom is 0.180 e. The van der Waals surface area contributed by atoms with Crippen LogP contribution in [0.2, 0.25) is 0 Å². The van der Waals surface area contributed by atoms with Gasteiger partial charge in [0.15, 0.2) is 5.82 Å². The van der Waals surface area contributed by atoms with Crippen molar-refractivity contribution in [3.05, 3.63) is 33.8 Å². The van der Waals surface area contributed by atoms with Gasteiger partial charge in [-0.15, -0.1) is 5.10 Å². The van der Waals surface area contributed by atoms with Crippen LogP contribution in [0.4, 0.5) is 0 Å². The fourth-order valence-electron chi connectivity index (χ4n) is 2.55. The van der Waals surface area contributed by atoms with Crippen LogP contribution in [-0.4, -0.2) is 20.0 Å². The van der Waals surface area contributed by atoms with Gasteiger partial charge in [-0.05, 0) is 44.7 Å². The predicted octanol–water partition coefficient (Wildman–Crippen LogP) is 2.17. The molecular weight excluding hydrogens is 250 g/mol. The van der Waals surface area contributed by atoms with E-state index in [1.807, 2.05) is 11.6 Å². The minimum atomic E-state index is 0.457. The third-order valence-corrected chi connectivity index (χ3v) is 3.99. The fourth-order valence-corrected chi connectivity index (χ4v) is 2.55. The summed E-state index contributed by atoms with van der Waals surface area (Å²) in [5.74, 6) is 0.773. The van der Waals surface area contributed by atoms with Crippen molar-refractivity contribution in [3.63, 3.8) is 0 Å². The lowest BCUT2D eigenvalue weighted by molar-refractivity contribution is 0.736. The van der Waals surface area contributed by atoms with E-state index in [4.69, 9.17) is 5.73 Å². The van der Waals surface area contributed by atoms with Crippen LogP contribution < -0.4 is 5.73 Å². The minimum Gasteiger partial charge on any atom is -0.326 e. The molecule has 2 aromatic heterocycles. The summed E-state index contributed by atoms with van der Waals surface area (Å²) < 4.78 is 1.87. The maximum atomic E-state index is 5.97. The normalized spacial score (nSPS) is 11.1. The van der Waals surface area contributed by atoms with Gasteiger partial charge >= 0.3 is 0 Å². The first-order valence-electron chi connectivity index (χ1n) is 7.15. The van der Waals surface area contributed by atoms with Gasteiger partial charge in [0.25, 0.3) is 0 Å². The Morgan fingerprint density at radius 3 is 2.15 bits per heavy atom. The van der Waals surface area contributed by atoms with Crippen molar-refractivity contribution in [2.45, 2.75) is 54.0 Å². The Morgan fingerprint density at radius 2 is 1.70 bits per heavy atom. The molecule has 2 N–H and O–H groups in total. The zero-order valence-corrected chi connectivity index (χ0v) is 13.0. The highest BCUT2D eigenvalue weighted by atomic mass is 15.4. The topological polar surface area (TPSA) is 69.6 Å². The molecule has 108 valence electrons. The molecule has 0 aliphatic rings. The summed E-state index contributed by atoms with van der Waals surface area (Å²) in [6, 6.07) is 0. The Hall–Kier alpha value is -1.75. The van der Waals surface area contributed by atoms with Gasteiger partial charge in [0.05, 0.1) is 11.4 Å². The van der Waals surface area contributed by atoms with Crippen molar-refractivity contribution in [1.82, 2.24) is 20.0 Å². The van der Waals surface area contributed by atoms with Gasteiger partial charge in [-0.2, -0.15) is 10.2 Å². The summed E-state index contributed by atoms with van der Waals surface area (Å²) in [6.07, 6.45) is 1.79. The van der Waals surface area contributed by atoms with Crippen LogP contribution in [0.15, 0.2) is 0 Å². The second-order valence-corrected chi connectivity index (χ2v) is 5.05. The molecule has 0 spiro atoms. The summed E-state index contributed by atoms with van der Waals surface area (Å²) in [5.41, 5.74) is 12.6. The largest absolute Gasteiger partial charge is 0.326 e. The third-order valence-electron chi connectivity index (χ3n) is 3.99.